The Balaban J connectivity index is 1.54. The highest BCUT2D eigenvalue weighted by atomic mass is 35.5. The van der Waals surface area contributed by atoms with Gasteiger partial charge in [0.05, 0.1) is 28.9 Å². The monoisotopic (exact) mass is 532 g/mol. The van der Waals surface area contributed by atoms with Gasteiger partial charge in [-0.15, -0.1) is 0 Å². The van der Waals surface area contributed by atoms with Crippen LogP contribution in [0.3, 0.4) is 0 Å². The van der Waals surface area contributed by atoms with Crippen LogP contribution >= 0.6 is 22.9 Å². The van der Waals surface area contributed by atoms with E-state index in [1.54, 1.807) is 61.7 Å². The summed E-state index contributed by atoms with van der Waals surface area (Å²) in [5.41, 5.74) is 2.63. The van der Waals surface area contributed by atoms with E-state index in [4.69, 9.17) is 21.1 Å². The molecule has 186 valence electrons. The van der Waals surface area contributed by atoms with Gasteiger partial charge in [-0.25, -0.2) is 4.98 Å². The normalized spacial score (nSPS) is 20.4. The molecule has 1 fully saturated rings. The Kier molecular flexibility index (Phi) is 5.66. The van der Waals surface area contributed by atoms with Crippen LogP contribution in [-0.4, -0.2) is 35.0 Å². The van der Waals surface area contributed by atoms with Crippen LogP contribution in [0.15, 0.2) is 66.2 Å². The Hall–Kier alpha value is -3.88. The molecule has 0 unspecified atom stereocenters. The van der Waals surface area contributed by atoms with Crippen molar-refractivity contribution in [1.82, 2.24) is 4.98 Å². The molecule has 2 atom stereocenters. The molecular weight excluding hydrogens is 512 g/mol. The number of methoxy groups -OCH3 is 1. The van der Waals surface area contributed by atoms with Gasteiger partial charge in [-0.1, -0.05) is 35.1 Å². The summed E-state index contributed by atoms with van der Waals surface area (Å²) in [5, 5.41) is 12.4. The number of ether oxygens (including phenoxy) is 2. The molecule has 0 bridgehead atoms. The van der Waals surface area contributed by atoms with Crippen LogP contribution < -0.4 is 14.4 Å². The van der Waals surface area contributed by atoms with Gasteiger partial charge >= 0.3 is 5.91 Å². The van der Waals surface area contributed by atoms with Crippen molar-refractivity contribution in [1.29, 1.82) is 0 Å². The summed E-state index contributed by atoms with van der Waals surface area (Å²) in [7, 11) is 1.54. The summed E-state index contributed by atoms with van der Waals surface area (Å²) >= 11 is 7.41. The summed E-state index contributed by atoms with van der Waals surface area (Å²) < 4.78 is 12.0. The number of carbonyl (C=O) groups excluding carboxylic acids is 2. The standard InChI is InChI=1S/C28H21ClN2O5S/c1-14-10-17-11-16(6-9-21(17)36-14)25(32)23-24(15-4-3-5-19(12-15)35-2)31(27(34)26(23)33)28-30-20-8-7-18(29)13-22(20)37-28/h3-9,11-14,24,32H,10H2,1-2H3/b25-23+/t14-,24-/m1/s1. The SMILES string of the molecule is COc1cccc([C@@H]2/C(=C(\O)c3ccc4c(c3)C[C@@H](C)O4)C(=O)C(=O)N2c2nc3ccc(Cl)cc3s2)c1. The van der Waals surface area contributed by atoms with E-state index in [-0.39, 0.29) is 17.4 Å². The third-order valence-electron chi connectivity index (χ3n) is 6.57. The Bertz CT molecular complexity index is 1630. The first-order valence-electron chi connectivity index (χ1n) is 11.6. The lowest BCUT2D eigenvalue weighted by Crippen LogP contribution is -2.29. The number of hydrogen-bond donors (Lipinski definition) is 1. The first kappa shape index (κ1) is 23.5. The smallest absolute Gasteiger partial charge is 0.301 e. The van der Waals surface area contributed by atoms with Gasteiger partial charge in [0.25, 0.3) is 5.78 Å². The minimum Gasteiger partial charge on any atom is -0.507 e. The quantitative estimate of drug-likeness (QED) is 0.200. The fourth-order valence-electron chi connectivity index (χ4n) is 4.87. The fraction of sp³-hybridized carbons (Fsp3) is 0.179. The third-order valence-corrected chi connectivity index (χ3v) is 7.82. The van der Waals surface area contributed by atoms with Gasteiger partial charge < -0.3 is 14.6 Å². The molecule has 6 rings (SSSR count). The maximum absolute atomic E-state index is 13.5. The molecule has 2 aliphatic rings. The Labute approximate surface area is 221 Å². The number of fused-ring (bicyclic) bond motifs is 2. The average molecular weight is 533 g/mol. The molecule has 4 aromatic rings. The van der Waals surface area contributed by atoms with Crippen molar-refractivity contribution < 1.29 is 24.2 Å². The van der Waals surface area contributed by atoms with Crippen LogP contribution in [-0.2, 0) is 16.0 Å². The number of ketones is 1. The molecule has 1 saturated heterocycles. The number of benzene rings is 3. The summed E-state index contributed by atoms with van der Waals surface area (Å²) in [6, 6.07) is 16.7. The topological polar surface area (TPSA) is 89.0 Å². The Morgan fingerprint density at radius 1 is 1.16 bits per heavy atom. The van der Waals surface area contributed by atoms with E-state index in [1.165, 1.54) is 16.2 Å². The van der Waals surface area contributed by atoms with Gasteiger partial charge in [0.1, 0.15) is 23.4 Å². The molecule has 1 N–H and O–H groups in total. The lowest BCUT2D eigenvalue weighted by atomic mass is 9.94. The Morgan fingerprint density at radius 3 is 2.81 bits per heavy atom. The maximum atomic E-state index is 13.5. The minimum absolute atomic E-state index is 0.0116. The molecule has 3 aromatic carbocycles. The minimum atomic E-state index is -0.908. The molecule has 2 aliphatic heterocycles. The summed E-state index contributed by atoms with van der Waals surface area (Å²) in [6.07, 6.45) is 0.723. The zero-order valence-corrected chi connectivity index (χ0v) is 21.5. The zero-order valence-electron chi connectivity index (χ0n) is 19.9. The fourth-order valence-corrected chi connectivity index (χ4v) is 6.14. The predicted octanol–water partition coefficient (Wildman–Crippen LogP) is 5.91. The molecule has 0 aliphatic carbocycles. The molecular formula is C28H21ClN2O5S. The van der Waals surface area contributed by atoms with E-state index >= 15 is 0 Å². The lowest BCUT2D eigenvalue weighted by molar-refractivity contribution is -0.132. The highest BCUT2D eigenvalue weighted by Gasteiger charge is 2.48. The number of carbonyl (C=O) groups is 2. The number of nitrogens with zero attached hydrogens (tertiary/aromatic N) is 2. The van der Waals surface area contributed by atoms with E-state index in [0.29, 0.717) is 39.0 Å². The average Bonchev–Trinajstić information content (AvgIpc) is 3.55. The number of hydrogen-bond acceptors (Lipinski definition) is 7. The molecule has 7 nitrogen and oxygen atoms in total. The lowest BCUT2D eigenvalue weighted by Gasteiger charge is -2.23. The van der Waals surface area contributed by atoms with Crippen LogP contribution in [0.25, 0.3) is 16.0 Å². The van der Waals surface area contributed by atoms with Crippen molar-refractivity contribution in [2.75, 3.05) is 12.0 Å². The van der Waals surface area contributed by atoms with Crippen LogP contribution in [0, 0.1) is 0 Å². The van der Waals surface area contributed by atoms with E-state index in [9.17, 15) is 14.7 Å². The second-order valence-corrected chi connectivity index (χ2v) is 10.5. The highest BCUT2D eigenvalue weighted by Crippen LogP contribution is 2.45. The van der Waals surface area contributed by atoms with Crippen molar-refractivity contribution in [2.45, 2.75) is 25.5 Å². The number of halogens is 1. The second kappa shape index (κ2) is 8.90. The number of thiazole rings is 1. The van der Waals surface area contributed by atoms with Gasteiger partial charge in [0, 0.05) is 17.0 Å². The van der Waals surface area contributed by atoms with Crippen molar-refractivity contribution in [2.24, 2.45) is 0 Å². The molecule has 0 saturated carbocycles. The number of aliphatic hydroxyl groups excluding tert-OH is 1. The van der Waals surface area contributed by atoms with Crippen LogP contribution in [0.1, 0.15) is 29.7 Å². The van der Waals surface area contributed by atoms with Crippen LogP contribution in [0.2, 0.25) is 5.02 Å². The Morgan fingerprint density at radius 2 is 2.00 bits per heavy atom. The van der Waals surface area contributed by atoms with Gasteiger partial charge in [-0.2, -0.15) is 0 Å². The molecule has 37 heavy (non-hydrogen) atoms. The number of amides is 1. The van der Waals surface area contributed by atoms with Crippen LogP contribution in [0.4, 0.5) is 5.13 Å². The van der Waals surface area contributed by atoms with E-state index in [0.717, 1.165) is 16.0 Å². The number of Topliss-reactive ketones (excluding diaryl/α,β-unsaturated/α-hetero) is 1. The van der Waals surface area contributed by atoms with Gasteiger partial charge in [0.2, 0.25) is 0 Å². The molecule has 1 aromatic heterocycles. The van der Waals surface area contributed by atoms with E-state index in [2.05, 4.69) is 4.98 Å². The van der Waals surface area contributed by atoms with E-state index in [1.807, 2.05) is 13.0 Å². The largest absolute Gasteiger partial charge is 0.507 e. The van der Waals surface area contributed by atoms with Gasteiger partial charge in [-0.3, -0.25) is 14.5 Å². The first-order valence-corrected chi connectivity index (χ1v) is 12.8. The molecule has 9 heteroatoms. The van der Waals surface area contributed by atoms with Gasteiger partial charge in [0.15, 0.2) is 5.13 Å². The zero-order chi connectivity index (χ0) is 25.8. The number of rotatable bonds is 4. The van der Waals surface area contributed by atoms with Crippen molar-refractivity contribution >= 4 is 55.7 Å². The van der Waals surface area contributed by atoms with E-state index < -0.39 is 17.7 Å². The second-order valence-electron chi connectivity index (χ2n) is 9.01. The predicted molar refractivity (Wildman–Crippen MR) is 143 cm³/mol. The number of aliphatic hydroxyl groups is 1. The third kappa shape index (κ3) is 3.93. The summed E-state index contributed by atoms with van der Waals surface area (Å²) in [6.45, 7) is 1.97. The number of anilines is 1. The van der Waals surface area contributed by atoms with Crippen LogP contribution in [0.5, 0.6) is 11.5 Å². The highest BCUT2D eigenvalue weighted by molar-refractivity contribution is 7.22. The van der Waals surface area contributed by atoms with Crippen molar-refractivity contribution in [3.63, 3.8) is 0 Å². The molecule has 0 spiro atoms. The summed E-state index contributed by atoms with van der Waals surface area (Å²) in [4.78, 5) is 32.9. The molecule has 3 heterocycles. The molecule has 0 radical (unpaired) electrons. The summed E-state index contributed by atoms with van der Waals surface area (Å²) in [5.74, 6) is -0.490. The van der Waals surface area contributed by atoms with Crippen molar-refractivity contribution in [3.05, 3.63) is 87.9 Å². The van der Waals surface area contributed by atoms with Gasteiger partial charge in [-0.05, 0) is 66.6 Å². The maximum Gasteiger partial charge on any atom is 0.301 e. The number of aromatic nitrogens is 1. The molecule has 1 amide bonds. The first-order chi connectivity index (χ1) is 17.8. The van der Waals surface area contributed by atoms with Crippen molar-refractivity contribution in [3.8, 4) is 11.5 Å².